The predicted octanol–water partition coefficient (Wildman–Crippen LogP) is 2.66. The van der Waals surface area contributed by atoms with E-state index in [-0.39, 0.29) is 11.9 Å². The Labute approximate surface area is 156 Å². The summed E-state index contributed by atoms with van der Waals surface area (Å²) in [5.74, 6) is 1.72. The molecule has 1 amide bonds. The van der Waals surface area contributed by atoms with Gasteiger partial charge in [0.2, 0.25) is 11.9 Å². The van der Waals surface area contributed by atoms with Gasteiger partial charge in [-0.05, 0) is 32.6 Å². The molecule has 3 rings (SSSR count). The number of carbonyl (C=O) groups excluding carboxylic acids is 1. The van der Waals surface area contributed by atoms with E-state index in [9.17, 15) is 4.79 Å². The standard InChI is InChI=1S/C17H23N5OS2/c1-11-16(25-12(2)19-11)14-4-7-18-17(21-14)22-8-5-13(10-22)20-15(23)6-9-24-3/h4,7,13H,5-6,8-10H2,1-3H3,(H,20,23). The van der Waals surface area contributed by atoms with Crippen molar-refractivity contribution in [3.05, 3.63) is 23.0 Å². The molecular weight excluding hydrogens is 354 g/mol. The zero-order valence-electron chi connectivity index (χ0n) is 14.8. The predicted molar refractivity (Wildman–Crippen MR) is 104 cm³/mol. The van der Waals surface area contributed by atoms with Gasteiger partial charge in [0.1, 0.15) is 0 Å². The van der Waals surface area contributed by atoms with Crippen LogP contribution < -0.4 is 10.2 Å². The molecule has 2 aromatic heterocycles. The number of hydrogen-bond donors (Lipinski definition) is 1. The second-order valence-corrected chi connectivity index (χ2v) is 8.32. The van der Waals surface area contributed by atoms with Crippen LogP contribution in [0.4, 0.5) is 5.95 Å². The number of aromatic nitrogens is 3. The van der Waals surface area contributed by atoms with Crippen LogP contribution >= 0.6 is 23.1 Å². The van der Waals surface area contributed by atoms with Crippen molar-refractivity contribution >= 4 is 35.0 Å². The first kappa shape index (κ1) is 18.1. The van der Waals surface area contributed by atoms with Crippen molar-refractivity contribution in [3.8, 4) is 10.6 Å². The third kappa shape index (κ3) is 4.49. The summed E-state index contributed by atoms with van der Waals surface area (Å²) >= 11 is 3.35. The summed E-state index contributed by atoms with van der Waals surface area (Å²) in [6.45, 7) is 5.64. The molecule has 0 spiro atoms. The molecule has 134 valence electrons. The van der Waals surface area contributed by atoms with E-state index in [4.69, 9.17) is 4.98 Å². The highest BCUT2D eigenvalue weighted by Gasteiger charge is 2.26. The number of thioether (sulfide) groups is 1. The van der Waals surface area contributed by atoms with Gasteiger partial charge in [0.25, 0.3) is 0 Å². The summed E-state index contributed by atoms with van der Waals surface area (Å²) in [4.78, 5) is 28.8. The molecule has 6 nitrogen and oxygen atoms in total. The van der Waals surface area contributed by atoms with E-state index >= 15 is 0 Å². The van der Waals surface area contributed by atoms with Crippen LogP contribution in [0.2, 0.25) is 0 Å². The number of anilines is 1. The van der Waals surface area contributed by atoms with Gasteiger partial charge in [0.15, 0.2) is 0 Å². The molecule has 2 aromatic rings. The van der Waals surface area contributed by atoms with Crippen molar-refractivity contribution in [1.29, 1.82) is 0 Å². The fourth-order valence-electron chi connectivity index (χ4n) is 2.95. The number of hydrogen-bond acceptors (Lipinski definition) is 7. The number of rotatable bonds is 6. The maximum atomic E-state index is 11.9. The van der Waals surface area contributed by atoms with E-state index in [2.05, 4.69) is 20.2 Å². The highest BCUT2D eigenvalue weighted by Crippen LogP contribution is 2.29. The topological polar surface area (TPSA) is 71.0 Å². The summed E-state index contributed by atoms with van der Waals surface area (Å²) in [6, 6.07) is 2.11. The summed E-state index contributed by atoms with van der Waals surface area (Å²) in [5.41, 5.74) is 1.92. The smallest absolute Gasteiger partial charge is 0.225 e. The molecule has 0 radical (unpaired) electrons. The monoisotopic (exact) mass is 377 g/mol. The minimum absolute atomic E-state index is 0.131. The van der Waals surface area contributed by atoms with Gasteiger partial charge in [-0.2, -0.15) is 11.8 Å². The zero-order chi connectivity index (χ0) is 17.8. The Bertz CT molecular complexity index is 748. The molecule has 1 atom stereocenters. The molecule has 1 aliphatic rings. The SMILES string of the molecule is CSCCC(=O)NC1CCN(c2nccc(-c3sc(C)nc3C)n2)C1. The average molecular weight is 378 g/mol. The van der Waals surface area contributed by atoms with Gasteiger partial charge in [0, 0.05) is 37.5 Å². The zero-order valence-corrected chi connectivity index (χ0v) is 16.4. The van der Waals surface area contributed by atoms with Crippen LogP contribution in [0.15, 0.2) is 12.3 Å². The molecule has 1 saturated heterocycles. The quantitative estimate of drug-likeness (QED) is 0.834. The first-order chi connectivity index (χ1) is 12.1. The molecule has 1 fully saturated rings. The van der Waals surface area contributed by atoms with E-state index in [0.29, 0.717) is 6.42 Å². The van der Waals surface area contributed by atoms with E-state index in [0.717, 1.165) is 52.5 Å². The Morgan fingerprint density at radius 1 is 1.44 bits per heavy atom. The Hall–Kier alpha value is -1.67. The number of amides is 1. The van der Waals surface area contributed by atoms with E-state index in [1.807, 2.05) is 26.2 Å². The number of thiazole rings is 1. The summed E-state index contributed by atoms with van der Waals surface area (Å²) in [6.07, 6.45) is 5.32. The van der Waals surface area contributed by atoms with Crippen molar-refractivity contribution in [2.45, 2.75) is 32.7 Å². The van der Waals surface area contributed by atoms with Crippen molar-refractivity contribution in [1.82, 2.24) is 20.3 Å². The Balaban J connectivity index is 1.66. The minimum atomic E-state index is 0.131. The highest BCUT2D eigenvalue weighted by molar-refractivity contribution is 7.98. The summed E-state index contributed by atoms with van der Waals surface area (Å²) < 4.78 is 0. The fraction of sp³-hybridized carbons (Fsp3) is 0.529. The second kappa shape index (κ2) is 8.14. The van der Waals surface area contributed by atoms with Gasteiger partial charge in [-0.25, -0.2) is 15.0 Å². The first-order valence-electron chi connectivity index (χ1n) is 8.37. The van der Waals surface area contributed by atoms with Gasteiger partial charge in [-0.3, -0.25) is 4.79 Å². The maximum absolute atomic E-state index is 11.9. The lowest BCUT2D eigenvalue weighted by molar-refractivity contribution is -0.121. The number of aryl methyl sites for hydroxylation is 2. The summed E-state index contributed by atoms with van der Waals surface area (Å²) in [5, 5.41) is 4.16. The van der Waals surface area contributed by atoms with Crippen LogP contribution in [-0.2, 0) is 4.79 Å². The molecule has 0 aromatic carbocycles. The van der Waals surface area contributed by atoms with Crippen molar-refractivity contribution in [2.24, 2.45) is 0 Å². The summed E-state index contributed by atoms with van der Waals surface area (Å²) in [7, 11) is 0. The minimum Gasteiger partial charge on any atom is -0.351 e. The van der Waals surface area contributed by atoms with Gasteiger partial charge < -0.3 is 10.2 Å². The van der Waals surface area contributed by atoms with Crippen LogP contribution in [0.3, 0.4) is 0 Å². The number of carbonyl (C=O) groups is 1. The molecule has 3 heterocycles. The van der Waals surface area contributed by atoms with Crippen LogP contribution in [0.25, 0.3) is 10.6 Å². The lowest BCUT2D eigenvalue weighted by atomic mass is 10.2. The van der Waals surface area contributed by atoms with Gasteiger partial charge in [0.05, 0.1) is 21.3 Å². The third-order valence-electron chi connectivity index (χ3n) is 4.15. The van der Waals surface area contributed by atoms with Crippen molar-refractivity contribution < 1.29 is 4.79 Å². The normalized spacial score (nSPS) is 17.1. The molecule has 0 saturated carbocycles. The molecule has 1 unspecified atom stereocenters. The Morgan fingerprint density at radius 3 is 3.00 bits per heavy atom. The second-order valence-electron chi connectivity index (χ2n) is 6.13. The molecule has 0 aliphatic carbocycles. The van der Waals surface area contributed by atoms with E-state index < -0.39 is 0 Å². The molecule has 8 heteroatoms. The lowest BCUT2D eigenvalue weighted by Gasteiger charge is -2.17. The van der Waals surface area contributed by atoms with E-state index in [1.54, 1.807) is 29.3 Å². The van der Waals surface area contributed by atoms with Gasteiger partial charge in [-0.1, -0.05) is 0 Å². The van der Waals surface area contributed by atoms with E-state index in [1.165, 1.54) is 0 Å². The molecule has 1 N–H and O–H groups in total. The van der Waals surface area contributed by atoms with Crippen LogP contribution in [0.1, 0.15) is 23.5 Å². The Kier molecular flexibility index (Phi) is 5.90. The molecular formula is C17H23N5OS2. The van der Waals surface area contributed by atoms with Gasteiger partial charge in [-0.15, -0.1) is 11.3 Å². The van der Waals surface area contributed by atoms with Gasteiger partial charge >= 0.3 is 0 Å². The average Bonchev–Trinajstić information content (AvgIpc) is 3.19. The van der Waals surface area contributed by atoms with Crippen molar-refractivity contribution in [2.75, 3.05) is 30.0 Å². The molecule has 1 aliphatic heterocycles. The number of nitrogens with zero attached hydrogens (tertiary/aromatic N) is 4. The number of nitrogens with one attached hydrogen (secondary N) is 1. The largest absolute Gasteiger partial charge is 0.351 e. The lowest BCUT2D eigenvalue weighted by Crippen LogP contribution is -2.37. The third-order valence-corrected chi connectivity index (χ3v) is 5.86. The maximum Gasteiger partial charge on any atom is 0.225 e. The molecule has 0 bridgehead atoms. The van der Waals surface area contributed by atoms with Crippen LogP contribution in [0.5, 0.6) is 0 Å². The fourth-order valence-corrected chi connectivity index (χ4v) is 4.23. The Morgan fingerprint density at radius 2 is 2.28 bits per heavy atom. The molecule has 25 heavy (non-hydrogen) atoms. The van der Waals surface area contributed by atoms with Crippen LogP contribution in [0, 0.1) is 13.8 Å². The first-order valence-corrected chi connectivity index (χ1v) is 10.6. The van der Waals surface area contributed by atoms with Crippen molar-refractivity contribution in [3.63, 3.8) is 0 Å². The van der Waals surface area contributed by atoms with Crippen LogP contribution in [-0.4, -0.2) is 52.0 Å². The highest BCUT2D eigenvalue weighted by atomic mass is 32.2.